The molecule has 0 fully saturated rings. The van der Waals surface area contributed by atoms with Crippen LogP contribution in [0.3, 0.4) is 0 Å². The van der Waals surface area contributed by atoms with Gasteiger partial charge in [0.05, 0.1) is 0 Å². The quantitative estimate of drug-likeness (QED) is 0.527. The minimum atomic E-state index is -0.554. The van der Waals surface area contributed by atoms with Crippen molar-refractivity contribution in [3.63, 3.8) is 0 Å². The van der Waals surface area contributed by atoms with Gasteiger partial charge < -0.3 is 4.42 Å². The van der Waals surface area contributed by atoms with Crippen molar-refractivity contribution in [2.75, 3.05) is 0 Å². The van der Waals surface area contributed by atoms with Gasteiger partial charge in [-0.15, -0.1) is 0 Å². The van der Waals surface area contributed by atoms with Crippen LogP contribution in [0.25, 0.3) is 17.4 Å². The number of amides is 2. The number of furan rings is 1. The molecule has 0 unspecified atom stereocenters. The molecule has 5 nitrogen and oxygen atoms in total. The Balaban J connectivity index is 2.04. The van der Waals surface area contributed by atoms with Crippen molar-refractivity contribution in [2.24, 2.45) is 0 Å². The molecule has 2 heterocycles. The minimum absolute atomic E-state index is 0.0192. The Hall–Kier alpha value is -2.91. The van der Waals surface area contributed by atoms with Crippen LogP contribution in [0.1, 0.15) is 26.5 Å². The predicted octanol–water partition coefficient (Wildman–Crippen LogP) is 4.71. The summed E-state index contributed by atoms with van der Waals surface area (Å²) in [5.74, 6) is 0.165. The van der Waals surface area contributed by atoms with Crippen molar-refractivity contribution in [3.8, 4) is 17.4 Å². The van der Waals surface area contributed by atoms with E-state index in [1.807, 2.05) is 36.4 Å². The fourth-order valence-electron chi connectivity index (χ4n) is 2.91. The first-order chi connectivity index (χ1) is 12.8. The van der Waals surface area contributed by atoms with Gasteiger partial charge in [0.15, 0.2) is 0 Å². The predicted molar refractivity (Wildman–Crippen MR) is 105 cm³/mol. The van der Waals surface area contributed by atoms with E-state index < -0.39 is 11.8 Å². The van der Waals surface area contributed by atoms with E-state index in [9.17, 15) is 14.9 Å². The fourth-order valence-corrected chi connectivity index (χ4v) is 3.17. The molecule has 0 atom stereocenters. The molecule has 1 aliphatic heterocycles. The maximum absolute atomic E-state index is 12.8. The monoisotopic (exact) mass is 424 g/mol. The second-order valence-corrected chi connectivity index (χ2v) is 7.37. The summed E-state index contributed by atoms with van der Waals surface area (Å²) in [5, 5.41) is 9.36. The van der Waals surface area contributed by atoms with Crippen LogP contribution in [0.15, 0.2) is 62.0 Å². The molecule has 0 saturated heterocycles. The number of halogens is 1. The summed E-state index contributed by atoms with van der Waals surface area (Å²) in [7, 11) is 0. The number of nitriles is 1. The number of rotatable bonds is 3. The number of hydrogen-bond donors (Lipinski definition) is 0. The van der Waals surface area contributed by atoms with Gasteiger partial charge >= 0.3 is 0 Å². The normalized spacial score (nSPS) is 16.4. The first-order valence-electron chi connectivity index (χ1n) is 8.40. The van der Waals surface area contributed by atoms with Crippen LogP contribution in [0.4, 0.5) is 0 Å². The van der Waals surface area contributed by atoms with Gasteiger partial charge in [-0.2, -0.15) is 5.26 Å². The highest BCUT2D eigenvalue weighted by molar-refractivity contribution is 9.10. The number of benzene rings is 1. The molecular formula is C21H17BrN2O3. The van der Waals surface area contributed by atoms with Gasteiger partial charge in [-0.25, -0.2) is 0 Å². The molecular weight excluding hydrogens is 408 g/mol. The van der Waals surface area contributed by atoms with E-state index in [2.05, 4.69) is 15.9 Å². The van der Waals surface area contributed by atoms with Crippen LogP contribution in [-0.2, 0) is 9.59 Å². The molecule has 1 aromatic carbocycles. The first-order valence-corrected chi connectivity index (χ1v) is 9.19. The van der Waals surface area contributed by atoms with E-state index in [0.717, 1.165) is 14.9 Å². The molecule has 136 valence electrons. The maximum Gasteiger partial charge on any atom is 0.271 e. The van der Waals surface area contributed by atoms with Crippen molar-refractivity contribution in [1.29, 1.82) is 5.26 Å². The molecule has 3 rings (SSSR count). The van der Waals surface area contributed by atoms with Gasteiger partial charge in [0.2, 0.25) is 0 Å². The zero-order valence-electron chi connectivity index (χ0n) is 15.1. The molecule has 2 amide bonds. The topological polar surface area (TPSA) is 74.3 Å². The van der Waals surface area contributed by atoms with Crippen molar-refractivity contribution in [2.45, 2.75) is 26.8 Å². The highest BCUT2D eigenvalue weighted by atomic mass is 79.9. The van der Waals surface area contributed by atoms with Crippen LogP contribution in [0, 0.1) is 11.3 Å². The largest absolute Gasteiger partial charge is 0.457 e. The van der Waals surface area contributed by atoms with E-state index >= 15 is 0 Å². The Bertz CT molecular complexity index is 1020. The third kappa shape index (κ3) is 3.51. The maximum atomic E-state index is 12.8. The first kappa shape index (κ1) is 18.9. The highest BCUT2D eigenvalue weighted by Gasteiger charge is 2.37. The number of imide groups is 1. The molecule has 0 spiro atoms. The zero-order chi connectivity index (χ0) is 19.7. The lowest BCUT2D eigenvalue weighted by atomic mass is 9.94. The standard InChI is InChI=1S/C21H17BrN2O3/c1-12(2)24-20(25)17(13(3)18(11-23)21(24)26)10-16-8-9-19(27-16)14-4-6-15(22)7-5-14/h4-10,12H,1-3H3/b17-10+. The van der Waals surface area contributed by atoms with E-state index in [-0.39, 0.29) is 17.2 Å². The van der Waals surface area contributed by atoms with Gasteiger partial charge in [0.1, 0.15) is 23.2 Å². The molecule has 1 aromatic heterocycles. The van der Waals surface area contributed by atoms with Crippen molar-refractivity contribution < 1.29 is 14.0 Å². The van der Waals surface area contributed by atoms with E-state index in [4.69, 9.17) is 4.42 Å². The van der Waals surface area contributed by atoms with Crippen molar-refractivity contribution in [1.82, 2.24) is 4.90 Å². The molecule has 27 heavy (non-hydrogen) atoms. The van der Waals surface area contributed by atoms with E-state index in [1.165, 1.54) is 0 Å². The molecule has 2 aromatic rings. The molecule has 1 aliphatic rings. The summed E-state index contributed by atoms with van der Waals surface area (Å²) < 4.78 is 6.82. The summed E-state index contributed by atoms with van der Waals surface area (Å²) in [6.07, 6.45) is 1.58. The van der Waals surface area contributed by atoms with E-state index in [1.54, 1.807) is 32.9 Å². The number of nitrogens with zero attached hydrogens (tertiary/aromatic N) is 2. The lowest BCUT2D eigenvalue weighted by molar-refractivity contribution is -0.142. The lowest BCUT2D eigenvalue weighted by Crippen LogP contribution is -2.46. The SMILES string of the molecule is CC1=C(C#N)C(=O)N(C(C)C)C(=O)/C1=C/c1ccc(-c2ccc(Br)cc2)o1. The molecule has 0 bridgehead atoms. The van der Waals surface area contributed by atoms with Gasteiger partial charge in [-0.1, -0.05) is 28.1 Å². The number of carbonyl (C=O) groups is 2. The Labute approximate surface area is 165 Å². The van der Waals surface area contributed by atoms with Gasteiger partial charge in [0.25, 0.3) is 11.8 Å². The van der Waals surface area contributed by atoms with Crippen molar-refractivity contribution in [3.05, 3.63) is 63.4 Å². The average Bonchev–Trinajstić information content (AvgIpc) is 3.08. The van der Waals surface area contributed by atoms with Crippen LogP contribution in [-0.4, -0.2) is 22.8 Å². The van der Waals surface area contributed by atoms with Crippen LogP contribution >= 0.6 is 15.9 Å². The van der Waals surface area contributed by atoms with Crippen LogP contribution in [0.5, 0.6) is 0 Å². The Morgan fingerprint density at radius 1 is 1.11 bits per heavy atom. The van der Waals surface area contributed by atoms with Crippen LogP contribution < -0.4 is 0 Å². The van der Waals surface area contributed by atoms with E-state index in [0.29, 0.717) is 17.1 Å². The summed E-state index contributed by atoms with van der Waals surface area (Å²) >= 11 is 3.40. The number of hydrogen-bond acceptors (Lipinski definition) is 4. The minimum Gasteiger partial charge on any atom is -0.457 e. The Morgan fingerprint density at radius 2 is 1.78 bits per heavy atom. The summed E-state index contributed by atoms with van der Waals surface area (Å²) in [4.78, 5) is 26.3. The summed E-state index contributed by atoms with van der Waals surface area (Å²) in [6.45, 7) is 5.08. The summed E-state index contributed by atoms with van der Waals surface area (Å²) in [5.41, 5.74) is 1.54. The third-order valence-electron chi connectivity index (χ3n) is 4.33. The van der Waals surface area contributed by atoms with Gasteiger partial charge in [0, 0.05) is 21.7 Å². The zero-order valence-corrected chi connectivity index (χ0v) is 16.7. The van der Waals surface area contributed by atoms with Crippen LogP contribution in [0.2, 0.25) is 0 Å². The second kappa shape index (κ2) is 7.37. The number of carbonyl (C=O) groups excluding carboxylic acids is 2. The molecule has 0 aliphatic carbocycles. The molecule has 0 saturated carbocycles. The third-order valence-corrected chi connectivity index (χ3v) is 4.86. The molecule has 6 heteroatoms. The average molecular weight is 425 g/mol. The van der Waals surface area contributed by atoms with Gasteiger partial charge in [-0.3, -0.25) is 14.5 Å². The van der Waals surface area contributed by atoms with Crippen molar-refractivity contribution >= 4 is 33.8 Å². The molecule has 0 radical (unpaired) electrons. The fraction of sp³-hybridized carbons (Fsp3) is 0.190. The Kier molecular flexibility index (Phi) is 5.15. The second-order valence-electron chi connectivity index (χ2n) is 6.45. The highest BCUT2D eigenvalue weighted by Crippen LogP contribution is 2.30. The summed E-state index contributed by atoms with van der Waals surface area (Å²) in [6, 6.07) is 12.8. The smallest absolute Gasteiger partial charge is 0.271 e. The molecule has 0 N–H and O–H groups in total. The van der Waals surface area contributed by atoms with Gasteiger partial charge in [-0.05, 0) is 56.7 Å². The lowest BCUT2D eigenvalue weighted by Gasteiger charge is -2.30. The Morgan fingerprint density at radius 3 is 2.37 bits per heavy atom.